The van der Waals surface area contributed by atoms with Gasteiger partial charge in [0.05, 0.1) is 0 Å². The van der Waals surface area contributed by atoms with Crippen LogP contribution in [0.15, 0.2) is 30.3 Å². The standard InChI is InChI=1S/C13H20N2O4S/c1-13(2,3)19-12(16)15(20(14,17)18)10-9-11-7-5-4-6-8-11/h4-8H,9-10H2,1-3H3,(H2,14,17,18). The molecule has 0 fully saturated rings. The normalized spacial score (nSPS) is 12.0. The smallest absolute Gasteiger partial charge is 0.425 e. The molecule has 1 rings (SSSR count). The number of hydrogen-bond donors (Lipinski definition) is 1. The summed E-state index contributed by atoms with van der Waals surface area (Å²) in [6.07, 6.45) is -0.591. The minimum absolute atomic E-state index is 0.0578. The molecule has 0 aromatic heterocycles. The molecule has 112 valence electrons. The van der Waals surface area contributed by atoms with E-state index in [9.17, 15) is 13.2 Å². The van der Waals surface area contributed by atoms with Crippen LogP contribution in [0.2, 0.25) is 0 Å². The van der Waals surface area contributed by atoms with Gasteiger partial charge in [0, 0.05) is 6.54 Å². The van der Waals surface area contributed by atoms with Gasteiger partial charge in [0.25, 0.3) is 0 Å². The number of nitrogens with two attached hydrogens (primary N) is 1. The molecule has 7 heteroatoms. The fraction of sp³-hybridized carbons (Fsp3) is 0.462. The predicted molar refractivity (Wildman–Crippen MR) is 76.2 cm³/mol. The third kappa shape index (κ3) is 5.58. The van der Waals surface area contributed by atoms with Crippen LogP contribution in [-0.4, -0.2) is 31.0 Å². The zero-order valence-electron chi connectivity index (χ0n) is 11.9. The number of rotatable bonds is 4. The van der Waals surface area contributed by atoms with E-state index in [1.807, 2.05) is 30.3 Å². The van der Waals surface area contributed by atoms with Crippen LogP contribution in [0.4, 0.5) is 4.79 Å². The molecule has 0 aliphatic carbocycles. The molecule has 6 nitrogen and oxygen atoms in total. The summed E-state index contributed by atoms with van der Waals surface area (Å²) >= 11 is 0. The minimum atomic E-state index is -4.15. The molecule has 20 heavy (non-hydrogen) atoms. The van der Waals surface area contributed by atoms with Crippen molar-refractivity contribution in [1.82, 2.24) is 4.31 Å². The van der Waals surface area contributed by atoms with Crippen LogP contribution in [0.3, 0.4) is 0 Å². The van der Waals surface area contributed by atoms with E-state index in [1.165, 1.54) is 0 Å². The molecule has 0 spiro atoms. The van der Waals surface area contributed by atoms with Crippen LogP contribution in [0.1, 0.15) is 26.3 Å². The maximum atomic E-state index is 11.9. The molecule has 0 aliphatic heterocycles. The van der Waals surface area contributed by atoms with E-state index in [-0.39, 0.29) is 6.54 Å². The highest BCUT2D eigenvalue weighted by atomic mass is 32.2. The second kappa shape index (κ2) is 6.23. The summed E-state index contributed by atoms with van der Waals surface area (Å²) in [4.78, 5) is 11.9. The van der Waals surface area contributed by atoms with Gasteiger partial charge in [-0.1, -0.05) is 30.3 Å². The fourth-order valence-electron chi connectivity index (χ4n) is 1.51. The highest BCUT2D eigenvalue weighted by molar-refractivity contribution is 7.87. The molecular weight excluding hydrogens is 280 g/mol. The molecule has 0 saturated carbocycles. The molecule has 0 heterocycles. The number of carbonyl (C=O) groups excluding carboxylic acids is 1. The second-order valence-corrected chi connectivity index (χ2v) is 6.80. The summed E-state index contributed by atoms with van der Waals surface area (Å²) in [5.74, 6) is 0. The van der Waals surface area contributed by atoms with E-state index in [2.05, 4.69) is 0 Å². The maximum absolute atomic E-state index is 11.9. The summed E-state index contributed by atoms with van der Waals surface area (Å²) < 4.78 is 28.6. The molecule has 2 N–H and O–H groups in total. The van der Waals surface area contributed by atoms with E-state index in [1.54, 1.807) is 20.8 Å². The van der Waals surface area contributed by atoms with E-state index in [0.29, 0.717) is 10.7 Å². The first-order valence-electron chi connectivity index (χ1n) is 6.17. The lowest BCUT2D eigenvalue weighted by Crippen LogP contribution is -2.45. The number of hydrogen-bond acceptors (Lipinski definition) is 4. The lowest BCUT2D eigenvalue weighted by Gasteiger charge is -2.25. The molecule has 0 atom stereocenters. The Labute approximate surface area is 119 Å². The van der Waals surface area contributed by atoms with Crippen molar-refractivity contribution in [2.75, 3.05) is 6.54 Å². The molecule has 0 radical (unpaired) electrons. The second-order valence-electron chi connectivity index (χ2n) is 5.33. The van der Waals surface area contributed by atoms with Gasteiger partial charge in [-0.15, -0.1) is 0 Å². The largest absolute Gasteiger partial charge is 0.443 e. The van der Waals surface area contributed by atoms with E-state index >= 15 is 0 Å². The lowest BCUT2D eigenvalue weighted by atomic mass is 10.1. The van der Waals surface area contributed by atoms with Crippen LogP contribution in [0.5, 0.6) is 0 Å². The summed E-state index contributed by atoms with van der Waals surface area (Å²) in [5, 5.41) is 5.06. The van der Waals surface area contributed by atoms with Crippen LogP contribution in [-0.2, 0) is 21.4 Å². The number of carbonyl (C=O) groups is 1. The Morgan fingerprint density at radius 2 is 1.80 bits per heavy atom. The first-order chi connectivity index (χ1) is 9.09. The van der Waals surface area contributed by atoms with Gasteiger partial charge < -0.3 is 4.74 Å². The van der Waals surface area contributed by atoms with Crippen LogP contribution >= 0.6 is 0 Å². The highest BCUT2D eigenvalue weighted by Crippen LogP contribution is 2.12. The van der Waals surface area contributed by atoms with Gasteiger partial charge in [0.15, 0.2) is 0 Å². The average Bonchev–Trinajstić information content (AvgIpc) is 2.26. The number of benzene rings is 1. The predicted octanol–water partition coefficient (Wildman–Crippen LogP) is 1.67. The Hall–Kier alpha value is -1.60. The van der Waals surface area contributed by atoms with Crippen molar-refractivity contribution in [3.8, 4) is 0 Å². The van der Waals surface area contributed by atoms with Crippen LogP contribution < -0.4 is 5.14 Å². The Morgan fingerprint density at radius 1 is 1.25 bits per heavy atom. The maximum Gasteiger partial charge on any atom is 0.425 e. The fourth-order valence-corrected chi connectivity index (χ4v) is 2.10. The van der Waals surface area contributed by atoms with Gasteiger partial charge in [-0.2, -0.15) is 12.7 Å². The van der Waals surface area contributed by atoms with Crippen LogP contribution in [0, 0.1) is 0 Å². The molecular formula is C13H20N2O4S. The van der Waals surface area contributed by atoms with E-state index in [4.69, 9.17) is 9.88 Å². The van der Waals surface area contributed by atoms with Gasteiger partial charge in [-0.25, -0.2) is 9.93 Å². The monoisotopic (exact) mass is 300 g/mol. The molecule has 0 saturated heterocycles. The zero-order valence-corrected chi connectivity index (χ0v) is 12.7. The minimum Gasteiger partial charge on any atom is -0.443 e. The summed E-state index contributed by atoms with van der Waals surface area (Å²) in [5.41, 5.74) is 0.122. The Kier molecular flexibility index (Phi) is 5.13. The van der Waals surface area contributed by atoms with Crippen molar-refractivity contribution in [2.24, 2.45) is 5.14 Å². The molecule has 1 amide bonds. The SMILES string of the molecule is CC(C)(C)OC(=O)N(CCc1ccccc1)S(N)(=O)=O. The third-order valence-corrected chi connectivity index (χ3v) is 3.30. The molecule has 1 aromatic rings. The third-order valence-electron chi connectivity index (χ3n) is 2.35. The number of nitrogens with zero attached hydrogens (tertiary/aromatic N) is 1. The Bertz CT molecular complexity index is 549. The lowest BCUT2D eigenvalue weighted by molar-refractivity contribution is 0.0392. The van der Waals surface area contributed by atoms with Gasteiger partial charge in [0.1, 0.15) is 5.60 Å². The number of amides is 1. The van der Waals surface area contributed by atoms with E-state index < -0.39 is 21.9 Å². The van der Waals surface area contributed by atoms with Crippen LogP contribution in [0.25, 0.3) is 0 Å². The summed E-state index contributed by atoms with van der Waals surface area (Å²) in [6.45, 7) is 4.91. The van der Waals surface area contributed by atoms with Gasteiger partial charge >= 0.3 is 16.3 Å². The van der Waals surface area contributed by atoms with Gasteiger partial charge in [-0.3, -0.25) is 0 Å². The quantitative estimate of drug-likeness (QED) is 0.916. The van der Waals surface area contributed by atoms with Crippen molar-refractivity contribution in [3.63, 3.8) is 0 Å². The van der Waals surface area contributed by atoms with Crippen molar-refractivity contribution in [3.05, 3.63) is 35.9 Å². The average molecular weight is 300 g/mol. The van der Waals surface area contributed by atoms with Crippen molar-refractivity contribution in [2.45, 2.75) is 32.8 Å². The molecule has 1 aromatic carbocycles. The van der Waals surface area contributed by atoms with Crippen molar-refractivity contribution in [1.29, 1.82) is 0 Å². The summed E-state index contributed by atoms with van der Waals surface area (Å²) in [6, 6.07) is 9.22. The van der Waals surface area contributed by atoms with Crippen molar-refractivity contribution < 1.29 is 17.9 Å². The molecule has 0 aliphatic rings. The Morgan fingerprint density at radius 3 is 2.25 bits per heavy atom. The molecule has 0 unspecified atom stereocenters. The zero-order chi connectivity index (χ0) is 15.4. The van der Waals surface area contributed by atoms with Crippen molar-refractivity contribution >= 4 is 16.3 Å². The topological polar surface area (TPSA) is 89.7 Å². The number of ether oxygens (including phenoxy) is 1. The summed E-state index contributed by atoms with van der Waals surface area (Å²) in [7, 11) is -4.15. The molecule has 0 bridgehead atoms. The first-order valence-corrected chi connectivity index (χ1v) is 7.67. The van der Waals surface area contributed by atoms with E-state index in [0.717, 1.165) is 5.56 Å². The van der Waals surface area contributed by atoms with Gasteiger partial charge in [-0.05, 0) is 32.8 Å². The highest BCUT2D eigenvalue weighted by Gasteiger charge is 2.28. The Balaban J connectivity index is 2.79. The first kappa shape index (κ1) is 16.5. The van der Waals surface area contributed by atoms with Gasteiger partial charge in [0.2, 0.25) is 0 Å².